The first-order valence-electron chi connectivity index (χ1n) is 4.90. The molecule has 0 radical (unpaired) electrons. The van der Waals surface area contributed by atoms with Gasteiger partial charge in [-0.25, -0.2) is 9.97 Å². The maximum Gasteiger partial charge on any atom is 0.143 e. The van der Waals surface area contributed by atoms with Crippen molar-refractivity contribution in [2.45, 2.75) is 0 Å². The second-order valence-corrected chi connectivity index (χ2v) is 4.45. The van der Waals surface area contributed by atoms with Crippen molar-refractivity contribution in [2.24, 2.45) is 0 Å². The zero-order chi connectivity index (χ0) is 11.0. The molecule has 0 unspecified atom stereocenters. The fourth-order valence-corrected chi connectivity index (χ4v) is 2.47. The van der Waals surface area contributed by atoms with Crippen molar-refractivity contribution >= 4 is 27.4 Å². The van der Waals surface area contributed by atoms with Crippen molar-refractivity contribution in [1.82, 2.24) is 9.97 Å². The Balaban J connectivity index is 2.19. The van der Waals surface area contributed by atoms with E-state index in [9.17, 15) is 0 Å². The molecule has 0 bridgehead atoms. The Hall–Kier alpha value is -1.94. The molecule has 0 fully saturated rings. The number of benzene rings is 1. The minimum absolute atomic E-state index is 0.754. The van der Waals surface area contributed by atoms with Gasteiger partial charge in [-0.2, -0.15) is 0 Å². The molecular weight excluding hydrogens is 218 g/mol. The van der Waals surface area contributed by atoms with E-state index in [2.05, 4.69) is 9.97 Å². The van der Waals surface area contributed by atoms with Crippen LogP contribution in [0.3, 0.4) is 0 Å². The molecule has 3 nitrogen and oxygen atoms in total. The van der Waals surface area contributed by atoms with Crippen molar-refractivity contribution in [3.05, 3.63) is 42.6 Å². The summed E-state index contributed by atoms with van der Waals surface area (Å²) in [7, 11) is 0. The normalized spacial score (nSPS) is 10.8. The van der Waals surface area contributed by atoms with Gasteiger partial charge in [0.25, 0.3) is 0 Å². The number of nitrogens with two attached hydrogens (primary N) is 1. The van der Waals surface area contributed by atoms with Crippen LogP contribution in [0.2, 0.25) is 0 Å². The summed E-state index contributed by atoms with van der Waals surface area (Å²) in [5.74, 6) is 0. The fourth-order valence-electron chi connectivity index (χ4n) is 1.57. The highest BCUT2D eigenvalue weighted by atomic mass is 32.1. The Morgan fingerprint density at radius 1 is 1.12 bits per heavy atom. The smallest absolute Gasteiger partial charge is 0.143 e. The molecule has 16 heavy (non-hydrogen) atoms. The van der Waals surface area contributed by atoms with Crippen LogP contribution in [0, 0.1) is 0 Å². The van der Waals surface area contributed by atoms with Gasteiger partial charge in [0.2, 0.25) is 0 Å². The zero-order valence-corrected chi connectivity index (χ0v) is 9.24. The van der Waals surface area contributed by atoms with E-state index in [1.807, 2.05) is 36.4 Å². The number of thiazole rings is 1. The first kappa shape index (κ1) is 9.30. The van der Waals surface area contributed by atoms with Crippen molar-refractivity contribution in [3.8, 4) is 10.6 Å². The van der Waals surface area contributed by atoms with E-state index in [-0.39, 0.29) is 0 Å². The van der Waals surface area contributed by atoms with Gasteiger partial charge in [-0.1, -0.05) is 23.5 Å². The lowest BCUT2D eigenvalue weighted by Gasteiger charge is -1.96. The van der Waals surface area contributed by atoms with Crippen molar-refractivity contribution in [2.75, 3.05) is 5.73 Å². The number of fused-ring (bicyclic) bond motifs is 1. The van der Waals surface area contributed by atoms with Crippen LogP contribution in [-0.4, -0.2) is 9.97 Å². The van der Waals surface area contributed by atoms with Gasteiger partial charge in [-0.05, 0) is 24.3 Å². The lowest BCUT2D eigenvalue weighted by atomic mass is 10.2. The SMILES string of the molecule is Nc1cccc(-c2nc3cccnc3s2)c1. The monoisotopic (exact) mass is 227 g/mol. The van der Waals surface area contributed by atoms with Gasteiger partial charge in [0.1, 0.15) is 15.4 Å². The summed E-state index contributed by atoms with van der Waals surface area (Å²) >= 11 is 1.58. The van der Waals surface area contributed by atoms with E-state index < -0.39 is 0 Å². The molecular formula is C12H9N3S. The zero-order valence-electron chi connectivity index (χ0n) is 8.42. The summed E-state index contributed by atoms with van der Waals surface area (Å²) in [5, 5.41) is 0.959. The molecule has 78 valence electrons. The van der Waals surface area contributed by atoms with Gasteiger partial charge in [0.15, 0.2) is 0 Å². The second kappa shape index (κ2) is 3.57. The molecule has 2 aromatic heterocycles. The number of pyridine rings is 1. The quantitative estimate of drug-likeness (QED) is 0.650. The van der Waals surface area contributed by atoms with Crippen LogP contribution in [0.15, 0.2) is 42.6 Å². The van der Waals surface area contributed by atoms with E-state index in [1.54, 1.807) is 17.5 Å². The third-order valence-electron chi connectivity index (χ3n) is 2.30. The Bertz CT molecular complexity index is 612. The van der Waals surface area contributed by atoms with Gasteiger partial charge >= 0.3 is 0 Å². The van der Waals surface area contributed by atoms with Gasteiger partial charge in [-0.15, -0.1) is 0 Å². The summed E-state index contributed by atoms with van der Waals surface area (Å²) in [5.41, 5.74) is 8.49. The Kier molecular flexibility index (Phi) is 2.08. The van der Waals surface area contributed by atoms with E-state index in [0.717, 1.165) is 26.6 Å². The minimum Gasteiger partial charge on any atom is -0.399 e. The fraction of sp³-hybridized carbons (Fsp3) is 0. The molecule has 0 saturated heterocycles. The summed E-state index contributed by atoms with van der Waals surface area (Å²) < 4.78 is 0. The number of aromatic nitrogens is 2. The number of rotatable bonds is 1. The largest absolute Gasteiger partial charge is 0.399 e. The van der Waals surface area contributed by atoms with E-state index >= 15 is 0 Å². The third-order valence-corrected chi connectivity index (χ3v) is 3.33. The minimum atomic E-state index is 0.754. The van der Waals surface area contributed by atoms with Crippen LogP contribution in [-0.2, 0) is 0 Å². The predicted octanol–water partition coefficient (Wildman–Crippen LogP) is 2.94. The van der Waals surface area contributed by atoms with Gasteiger partial charge in [0, 0.05) is 17.4 Å². The molecule has 0 saturated carbocycles. The first-order chi connectivity index (χ1) is 7.83. The molecule has 2 heterocycles. The van der Waals surface area contributed by atoms with E-state index in [0.29, 0.717) is 0 Å². The van der Waals surface area contributed by atoms with Crippen LogP contribution in [0.1, 0.15) is 0 Å². The van der Waals surface area contributed by atoms with Crippen LogP contribution in [0.4, 0.5) is 5.69 Å². The van der Waals surface area contributed by atoms with Crippen LogP contribution < -0.4 is 5.73 Å². The lowest BCUT2D eigenvalue weighted by molar-refractivity contribution is 1.41. The molecule has 0 atom stereocenters. The highest BCUT2D eigenvalue weighted by molar-refractivity contribution is 7.21. The molecule has 0 aliphatic heterocycles. The molecule has 4 heteroatoms. The maximum atomic E-state index is 5.75. The first-order valence-corrected chi connectivity index (χ1v) is 5.72. The van der Waals surface area contributed by atoms with Gasteiger partial charge in [0.05, 0.1) is 0 Å². The van der Waals surface area contributed by atoms with Crippen molar-refractivity contribution < 1.29 is 0 Å². The standard InChI is InChI=1S/C12H9N3S/c13-9-4-1-3-8(7-9)11-15-10-5-2-6-14-12(10)16-11/h1-7H,13H2. The molecule has 2 N–H and O–H groups in total. The van der Waals surface area contributed by atoms with E-state index in [4.69, 9.17) is 5.73 Å². The molecule has 3 aromatic rings. The summed E-state index contributed by atoms with van der Waals surface area (Å²) in [4.78, 5) is 9.76. The number of hydrogen-bond acceptors (Lipinski definition) is 4. The average molecular weight is 227 g/mol. The summed E-state index contributed by atoms with van der Waals surface area (Å²) in [6.45, 7) is 0. The lowest BCUT2D eigenvalue weighted by Crippen LogP contribution is -1.84. The number of hydrogen-bond donors (Lipinski definition) is 1. The van der Waals surface area contributed by atoms with Crippen molar-refractivity contribution in [3.63, 3.8) is 0 Å². The number of nitrogen functional groups attached to an aromatic ring is 1. The Morgan fingerprint density at radius 2 is 2.06 bits per heavy atom. The topological polar surface area (TPSA) is 51.8 Å². The van der Waals surface area contributed by atoms with Crippen LogP contribution in [0.5, 0.6) is 0 Å². The van der Waals surface area contributed by atoms with Crippen molar-refractivity contribution in [1.29, 1.82) is 0 Å². The van der Waals surface area contributed by atoms with Crippen LogP contribution in [0.25, 0.3) is 20.9 Å². The molecule has 0 aliphatic rings. The van der Waals surface area contributed by atoms with Gasteiger partial charge < -0.3 is 5.73 Å². The maximum absolute atomic E-state index is 5.75. The summed E-state index contributed by atoms with van der Waals surface area (Å²) in [6, 6.07) is 11.6. The average Bonchev–Trinajstić information content (AvgIpc) is 2.72. The Labute approximate surface area is 96.6 Å². The highest BCUT2D eigenvalue weighted by Gasteiger charge is 2.06. The van der Waals surface area contributed by atoms with E-state index in [1.165, 1.54) is 0 Å². The second-order valence-electron chi connectivity index (χ2n) is 3.47. The molecule has 1 aromatic carbocycles. The third kappa shape index (κ3) is 1.53. The predicted molar refractivity (Wildman–Crippen MR) is 67.3 cm³/mol. The summed E-state index contributed by atoms with van der Waals surface area (Å²) in [6.07, 6.45) is 1.78. The number of nitrogens with zero attached hydrogens (tertiary/aromatic N) is 2. The highest BCUT2D eigenvalue weighted by Crippen LogP contribution is 2.29. The van der Waals surface area contributed by atoms with Gasteiger partial charge in [-0.3, -0.25) is 0 Å². The molecule has 0 spiro atoms. The van der Waals surface area contributed by atoms with Crippen LogP contribution >= 0.6 is 11.3 Å². The molecule has 0 amide bonds. The Morgan fingerprint density at radius 3 is 2.88 bits per heavy atom. The number of anilines is 1. The molecule has 0 aliphatic carbocycles. The molecule has 3 rings (SSSR count).